The predicted molar refractivity (Wildman–Crippen MR) is 54.8 cm³/mol. The molecule has 1 aromatic rings. The lowest BCUT2D eigenvalue weighted by Crippen LogP contribution is -2.14. The molecule has 0 radical (unpaired) electrons. The van der Waals surface area contributed by atoms with Gasteiger partial charge in [-0.15, -0.1) is 0 Å². The van der Waals surface area contributed by atoms with E-state index in [1.807, 2.05) is 0 Å². The van der Waals surface area contributed by atoms with Crippen LogP contribution in [-0.2, 0) is 0 Å². The van der Waals surface area contributed by atoms with Crippen molar-refractivity contribution in [3.05, 3.63) is 27.2 Å². The molecule has 1 aromatic carbocycles. The van der Waals surface area contributed by atoms with Crippen LogP contribution in [0.2, 0.25) is 5.02 Å². The van der Waals surface area contributed by atoms with Crippen LogP contribution < -0.4 is 5.73 Å². The first-order valence-electron chi connectivity index (χ1n) is 3.60. The summed E-state index contributed by atoms with van der Waals surface area (Å²) < 4.78 is 0.471. The molecule has 13 heavy (non-hydrogen) atoms. The van der Waals surface area contributed by atoms with Crippen molar-refractivity contribution in [1.29, 1.82) is 0 Å². The van der Waals surface area contributed by atoms with Crippen molar-refractivity contribution in [2.24, 2.45) is 5.73 Å². The zero-order valence-electron chi connectivity index (χ0n) is 6.67. The number of benzene rings is 1. The molecule has 0 heterocycles. The number of aliphatic hydroxyl groups excluding tert-OH is 1. The Morgan fingerprint density at radius 1 is 1.54 bits per heavy atom. The Labute approximate surface area is 89.3 Å². The van der Waals surface area contributed by atoms with E-state index in [1.165, 1.54) is 6.07 Å². The summed E-state index contributed by atoms with van der Waals surface area (Å²) in [6.07, 6.45) is 0. The summed E-state index contributed by atoms with van der Waals surface area (Å²) in [5.74, 6) is 0.0194. The fourth-order valence-corrected chi connectivity index (χ4v) is 1.80. The van der Waals surface area contributed by atoms with Gasteiger partial charge >= 0.3 is 0 Å². The molecule has 0 aliphatic heterocycles. The third-order valence-electron chi connectivity index (χ3n) is 1.65. The number of aliphatic hydroxyl groups is 1. The molecule has 1 rings (SSSR count). The first kappa shape index (κ1) is 10.8. The SMILES string of the molecule is N[C@H](CO)c1cc(Cl)cc(Br)c1O. The predicted octanol–water partition coefficient (Wildman–Crippen LogP) is 1.80. The molecule has 4 N–H and O–H groups in total. The second-order valence-corrected chi connectivity index (χ2v) is 3.91. The van der Waals surface area contributed by atoms with Gasteiger partial charge in [0.05, 0.1) is 17.1 Å². The second-order valence-electron chi connectivity index (χ2n) is 2.61. The van der Waals surface area contributed by atoms with Crippen molar-refractivity contribution in [2.45, 2.75) is 6.04 Å². The Balaban J connectivity index is 3.20. The van der Waals surface area contributed by atoms with Crippen LogP contribution in [0, 0.1) is 0 Å². The van der Waals surface area contributed by atoms with E-state index in [4.69, 9.17) is 22.4 Å². The van der Waals surface area contributed by atoms with Gasteiger partial charge in [0.1, 0.15) is 5.75 Å². The minimum atomic E-state index is -0.616. The first-order chi connectivity index (χ1) is 6.06. The average molecular weight is 267 g/mol. The van der Waals surface area contributed by atoms with Crippen LogP contribution in [0.15, 0.2) is 16.6 Å². The van der Waals surface area contributed by atoms with E-state index in [0.29, 0.717) is 15.1 Å². The van der Waals surface area contributed by atoms with E-state index < -0.39 is 6.04 Å². The lowest BCUT2D eigenvalue weighted by atomic mass is 10.1. The molecular formula is C8H9BrClNO2. The zero-order valence-corrected chi connectivity index (χ0v) is 9.01. The normalized spacial score (nSPS) is 12.9. The van der Waals surface area contributed by atoms with Gasteiger partial charge in [-0.1, -0.05) is 11.6 Å². The standard InChI is InChI=1S/C8H9BrClNO2/c9-6-2-4(10)1-5(8(6)13)7(11)3-12/h1-2,7,12-13H,3,11H2/t7-/m1/s1. The van der Waals surface area contributed by atoms with Gasteiger partial charge in [0.2, 0.25) is 0 Å². The number of nitrogens with two attached hydrogens (primary N) is 1. The molecule has 0 bridgehead atoms. The molecule has 5 heteroatoms. The molecule has 0 aromatic heterocycles. The van der Waals surface area contributed by atoms with Gasteiger partial charge < -0.3 is 15.9 Å². The van der Waals surface area contributed by atoms with Crippen LogP contribution >= 0.6 is 27.5 Å². The fourth-order valence-electron chi connectivity index (χ4n) is 0.967. The van der Waals surface area contributed by atoms with Crippen molar-refractivity contribution >= 4 is 27.5 Å². The summed E-state index contributed by atoms with van der Waals surface area (Å²) in [6.45, 7) is -0.236. The van der Waals surface area contributed by atoms with E-state index in [2.05, 4.69) is 15.9 Å². The van der Waals surface area contributed by atoms with E-state index >= 15 is 0 Å². The lowest BCUT2D eigenvalue weighted by molar-refractivity contribution is 0.265. The minimum absolute atomic E-state index is 0.0194. The van der Waals surface area contributed by atoms with Crippen LogP contribution in [-0.4, -0.2) is 16.8 Å². The highest BCUT2D eigenvalue weighted by atomic mass is 79.9. The quantitative estimate of drug-likeness (QED) is 0.765. The van der Waals surface area contributed by atoms with Gasteiger partial charge in [0, 0.05) is 10.6 Å². The van der Waals surface area contributed by atoms with Gasteiger partial charge in [-0.2, -0.15) is 0 Å². The Bertz CT molecular complexity index is 319. The Hall–Kier alpha value is -0.290. The van der Waals surface area contributed by atoms with E-state index in [0.717, 1.165) is 0 Å². The molecule has 0 spiro atoms. The monoisotopic (exact) mass is 265 g/mol. The minimum Gasteiger partial charge on any atom is -0.506 e. The van der Waals surface area contributed by atoms with Gasteiger partial charge in [0.15, 0.2) is 0 Å². The number of phenols is 1. The molecule has 1 atom stereocenters. The van der Waals surface area contributed by atoms with Crippen molar-refractivity contribution in [3.8, 4) is 5.75 Å². The number of hydrogen-bond donors (Lipinski definition) is 3. The number of halogens is 2. The van der Waals surface area contributed by atoms with Crippen LogP contribution in [0.1, 0.15) is 11.6 Å². The maximum absolute atomic E-state index is 9.53. The van der Waals surface area contributed by atoms with Crippen molar-refractivity contribution in [1.82, 2.24) is 0 Å². The summed E-state index contributed by atoms with van der Waals surface area (Å²) in [6, 6.07) is 2.47. The maximum atomic E-state index is 9.53. The first-order valence-corrected chi connectivity index (χ1v) is 4.77. The zero-order chi connectivity index (χ0) is 10.0. The number of rotatable bonds is 2. The van der Waals surface area contributed by atoms with E-state index in [-0.39, 0.29) is 12.4 Å². The summed E-state index contributed by atoms with van der Waals surface area (Å²) in [7, 11) is 0. The molecule has 3 nitrogen and oxygen atoms in total. The molecule has 0 amide bonds. The molecule has 0 saturated carbocycles. The largest absolute Gasteiger partial charge is 0.506 e. The second kappa shape index (κ2) is 4.28. The topological polar surface area (TPSA) is 66.5 Å². The molecule has 0 saturated heterocycles. The summed E-state index contributed by atoms with van der Waals surface area (Å²) in [5, 5.41) is 18.8. The average Bonchev–Trinajstić information content (AvgIpc) is 2.10. The molecular weight excluding hydrogens is 257 g/mol. The third-order valence-corrected chi connectivity index (χ3v) is 2.48. The highest BCUT2D eigenvalue weighted by Gasteiger charge is 2.13. The molecule has 0 aliphatic carbocycles. The van der Waals surface area contributed by atoms with Gasteiger partial charge in [0.25, 0.3) is 0 Å². The molecule has 0 unspecified atom stereocenters. The highest BCUT2D eigenvalue weighted by Crippen LogP contribution is 2.34. The fraction of sp³-hybridized carbons (Fsp3) is 0.250. The number of phenolic OH excluding ortho intramolecular Hbond substituents is 1. The molecule has 72 valence electrons. The van der Waals surface area contributed by atoms with Crippen LogP contribution in [0.4, 0.5) is 0 Å². The van der Waals surface area contributed by atoms with Crippen LogP contribution in [0.5, 0.6) is 5.75 Å². The number of aromatic hydroxyl groups is 1. The van der Waals surface area contributed by atoms with Crippen LogP contribution in [0.3, 0.4) is 0 Å². The van der Waals surface area contributed by atoms with E-state index in [9.17, 15) is 5.11 Å². The summed E-state index contributed by atoms with van der Waals surface area (Å²) in [5.41, 5.74) is 5.98. The Morgan fingerprint density at radius 3 is 2.69 bits per heavy atom. The lowest BCUT2D eigenvalue weighted by Gasteiger charge is -2.12. The van der Waals surface area contributed by atoms with Gasteiger partial charge in [-0.05, 0) is 28.1 Å². The smallest absolute Gasteiger partial charge is 0.134 e. The summed E-state index contributed by atoms with van der Waals surface area (Å²) >= 11 is 8.87. The Kier molecular flexibility index (Phi) is 3.55. The van der Waals surface area contributed by atoms with Crippen molar-refractivity contribution < 1.29 is 10.2 Å². The maximum Gasteiger partial charge on any atom is 0.134 e. The van der Waals surface area contributed by atoms with Crippen molar-refractivity contribution in [3.63, 3.8) is 0 Å². The van der Waals surface area contributed by atoms with Gasteiger partial charge in [-0.3, -0.25) is 0 Å². The number of hydrogen-bond acceptors (Lipinski definition) is 3. The Morgan fingerprint density at radius 2 is 2.15 bits per heavy atom. The summed E-state index contributed by atoms with van der Waals surface area (Å²) in [4.78, 5) is 0. The van der Waals surface area contributed by atoms with E-state index in [1.54, 1.807) is 6.07 Å². The highest BCUT2D eigenvalue weighted by molar-refractivity contribution is 9.10. The van der Waals surface area contributed by atoms with Crippen LogP contribution in [0.25, 0.3) is 0 Å². The molecule has 0 fully saturated rings. The molecule has 0 aliphatic rings. The van der Waals surface area contributed by atoms with Gasteiger partial charge in [-0.25, -0.2) is 0 Å². The van der Waals surface area contributed by atoms with Crippen molar-refractivity contribution in [2.75, 3.05) is 6.61 Å². The third kappa shape index (κ3) is 2.34.